The van der Waals surface area contributed by atoms with Crippen LogP contribution in [-0.4, -0.2) is 23.3 Å². The Labute approximate surface area is 91.7 Å². The molecule has 0 aliphatic carbocycles. The van der Waals surface area contributed by atoms with Crippen molar-refractivity contribution in [2.24, 2.45) is 5.73 Å². The molecule has 1 amide bonds. The lowest BCUT2D eigenvalue weighted by Gasteiger charge is -2.03. The predicted molar refractivity (Wildman–Crippen MR) is 58.4 cm³/mol. The Morgan fingerprint density at radius 1 is 1.44 bits per heavy atom. The molecular formula is C11H11FN2O2. The van der Waals surface area contributed by atoms with E-state index >= 15 is 0 Å². The first-order valence-electron chi connectivity index (χ1n) is 4.50. The van der Waals surface area contributed by atoms with Crippen LogP contribution in [0.25, 0.3) is 5.57 Å². The fourth-order valence-electron chi connectivity index (χ4n) is 1.15. The predicted octanol–water partition coefficient (Wildman–Crippen LogP) is 0.706. The van der Waals surface area contributed by atoms with Gasteiger partial charge in [-0.3, -0.25) is 4.79 Å². The average molecular weight is 222 g/mol. The highest BCUT2D eigenvalue weighted by molar-refractivity contribution is 6.23. The van der Waals surface area contributed by atoms with Crippen LogP contribution in [0.15, 0.2) is 30.3 Å². The fourth-order valence-corrected chi connectivity index (χ4v) is 1.15. The summed E-state index contributed by atoms with van der Waals surface area (Å²) in [6.45, 7) is -0.488. The number of primary amides is 1. The molecule has 0 radical (unpaired) electrons. The minimum atomic E-state index is -0.732. The van der Waals surface area contributed by atoms with E-state index in [0.29, 0.717) is 5.56 Å². The molecule has 0 aliphatic heterocycles. The number of nitrogens with two attached hydrogens (primary N) is 1. The smallest absolute Gasteiger partial charge is 0.249 e. The monoisotopic (exact) mass is 222 g/mol. The van der Waals surface area contributed by atoms with Crippen molar-refractivity contribution in [2.75, 3.05) is 6.61 Å². The molecule has 0 unspecified atom stereocenters. The van der Waals surface area contributed by atoms with Gasteiger partial charge < -0.3 is 16.2 Å². The first-order chi connectivity index (χ1) is 7.54. The van der Waals surface area contributed by atoms with Crippen molar-refractivity contribution in [3.8, 4) is 0 Å². The summed E-state index contributed by atoms with van der Waals surface area (Å²) in [4.78, 5) is 11.1. The minimum absolute atomic E-state index is 0.0686. The summed E-state index contributed by atoms with van der Waals surface area (Å²) in [5.41, 5.74) is 5.47. The van der Waals surface area contributed by atoms with E-state index in [9.17, 15) is 9.18 Å². The lowest BCUT2D eigenvalue weighted by Crippen LogP contribution is -2.15. The van der Waals surface area contributed by atoms with Gasteiger partial charge in [0.2, 0.25) is 5.91 Å². The molecule has 0 bridgehead atoms. The maximum atomic E-state index is 12.7. The van der Waals surface area contributed by atoms with Crippen LogP contribution in [0, 0.1) is 11.2 Å². The van der Waals surface area contributed by atoms with Crippen molar-refractivity contribution in [3.05, 3.63) is 41.7 Å². The number of aliphatic hydroxyl groups is 1. The number of halogens is 1. The third-order valence-electron chi connectivity index (χ3n) is 1.91. The zero-order chi connectivity index (χ0) is 12.1. The number of aliphatic hydroxyl groups excluding tert-OH is 1. The van der Waals surface area contributed by atoms with Crippen molar-refractivity contribution >= 4 is 17.2 Å². The van der Waals surface area contributed by atoms with Gasteiger partial charge in [-0.2, -0.15) is 0 Å². The minimum Gasteiger partial charge on any atom is -0.390 e. The zero-order valence-electron chi connectivity index (χ0n) is 8.40. The van der Waals surface area contributed by atoms with Gasteiger partial charge in [-0.05, 0) is 23.8 Å². The molecule has 0 spiro atoms. The van der Waals surface area contributed by atoms with E-state index in [1.807, 2.05) is 0 Å². The zero-order valence-corrected chi connectivity index (χ0v) is 8.40. The molecule has 0 atom stereocenters. The number of hydrogen-bond acceptors (Lipinski definition) is 3. The van der Waals surface area contributed by atoms with Gasteiger partial charge >= 0.3 is 0 Å². The summed E-state index contributed by atoms with van der Waals surface area (Å²) < 4.78 is 12.7. The second-order valence-corrected chi connectivity index (χ2v) is 3.11. The van der Waals surface area contributed by atoms with Crippen LogP contribution in [-0.2, 0) is 4.79 Å². The van der Waals surface area contributed by atoms with E-state index in [1.54, 1.807) is 0 Å². The summed E-state index contributed by atoms with van der Waals surface area (Å²) in [6, 6.07) is 5.15. The van der Waals surface area contributed by atoms with Gasteiger partial charge in [0.05, 0.1) is 12.3 Å². The van der Waals surface area contributed by atoms with Crippen LogP contribution >= 0.6 is 0 Å². The van der Waals surface area contributed by atoms with E-state index in [1.165, 1.54) is 24.3 Å². The summed E-state index contributed by atoms with van der Waals surface area (Å²) in [5.74, 6) is -1.16. The Bertz CT molecular complexity index is 438. The van der Waals surface area contributed by atoms with E-state index in [2.05, 4.69) is 0 Å². The topological polar surface area (TPSA) is 87.2 Å². The SMILES string of the molecule is N=C(/C=C(\C(N)=O)c1ccc(F)cc1)CO. The molecule has 1 aromatic rings. The Morgan fingerprint density at radius 2 is 2.00 bits per heavy atom. The number of carbonyl (C=O) groups is 1. The Morgan fingerprint density at radius 3 is 2.44 bits per heavy atom. The quantitative estimate of drug-likeness (QED) is 0.517. The molecule has 16 heavy (non-hydrogen) atoms. The lowest BCUT2D eigenvalue weighted by molar-refractivity contribution is -0.112. The maximum Gasteiger partial charge on any atom is 0.249 e. The molecule has 0 saturated carbocycles. The average Bonchev–Trinajstić information content (AvgIpc) is 2.26. The Kier molecular flexibility index (Phi) is 3.90. The molecule has 1 rings (SSSR count). The molecule has 4 N–H and O–H groups in total. The summed E-state index contributed by atoms with van der Waals surface area (Å²) in [7, 11) is 0. The second-order valence-electron chi connectivity index (χ2n) is 3.11. The highest BCUT2D eigenvalue weighted by atomic mass is 19.1. The number of hydrogen-bond donors (Lipinski definition) is 3. The molecule has 4 nitrogen and oxygen atoms in total. The van der Waals surface area contributed by atoms with E-state index in [0.717, 1.165) is 6.08 Å². The third kappa shape index (κ3) is 2.99. The van der Waals surface area contributed by atoms with E-state index < -0.39 is 18.3 Å². The standard InChI is InChI=1S/C11H11FN2O2/c12-8-3-1-7(2-4-8)10(11(14)16)5-9(13)6-15/h1-5,13,15H,6H2,(H2,14,16)/b10-5-,13-9?. The van der Waals surface area contributed by atoms with Gasteiger partial charge in [-0.15, -0.1) is 0 Å². The molecule has 0 aliphatic rings. The van der Waals surface area contributed by atoms with Gasteiger partial charge in [0.25, 0.3) is 0 Å². The van der Waals surface area contributed by atoms with Gasteiger partial charge in [0.15, 0.2) is 0 Å². The number of carbonyl (C=O) groups excluding carboxylic acids is 1. The number of nitrogens with one attached hydrogen (secondary N) is 1. The van der Waals surface area contributed by atoms with Crippen LogP contribution < -0.4 is 5.73 Å². The number of benzene rings is 1. The molecule has 0 fully saturated rings. The molecule has 0 aromatic heterocycles. The van der Waals surface area contributed by atoms with Crippen molar-refractivity contribution < 1.29 is 14.3 Å². The van der Waals surface area contributed by atoms with Crippen LogP contribution in [0.5, 0.6) is 0 Å². The molecule has 5 heteroatoms. The third-order valence-corrected chi connectivity index (χ3v) is 1.91. The Balaban J connectivity index is 3.13. The van der Waals surface area contributed by atoms with E-state index in [4.69, 9.17) is 16.2 Å². The summed E-state index contributed by atoms with van der Waals surface area (Å²) >= 11 is 0. The first-order valence-corrected chi connectivity index (χ1v) is 4.50. The van der Waals surface area contributed by atoms with Gasteiger partial charge in [-0.1, -0.05) is 12.1 Å². The van der Waals surface area contributed by atoms with Crippen molar-refractivity contribution in [1.82, 2.24) is 0 Å². The maximum absolute atomic E-state index is 12.7. The van der Waals surface area contributed by atoms with Crippen LogP contribution in [0.4, 0.5) is 4.39 Å². The van der Waals surface area contributed by atoms with Crippen LogP contribution in [0.3, 0.4) is 0 Å². The normalized spacial score (nSPS) is 11.2. The second kappa shape index (κ2) is 5.18. The molecule has 84 valence electrons. The highest BCUT2D eigenvalue weighted by Crippen LogP contribution is 2.14. The largest absolute Gasteiger partial charge is 0.390 e. The summed E-state index contributed by atoms with van der Waals surface area (Å²) in [6.07, 6.45) is 1.16. The summed E-state index contributed by atoms with van der Waals surface area (Å²) in [5, 5.41) is 15.9. The van der Waals surface area contributed by atoms with Crippen molar-refractivity contribution in [3.63, 3.8) is 0 Å². The van der Waals surface area contributed by atoms with Gasteiger partial charge in [-0.25, -0.2) is 4.39 Å². The lowest BCUT2D eigenvalue weighted by atomic mass is 10.0. The first kappa shape index (κ1) is 12.1. The fraction of sp³-hybridized carbons (Fsp3) is 0.0909. The van der Waals surface area contributed by atoms with Crippen molar-refractivity contribution in [2.45, 2.75) is 0 Å². The number of rotatable bonds is 4. The van der Waals surface area contributed by atoms with Crippen LogP contribution in [0.1, 0.15) is 5.56 Å². The highest BCUT2D eigenvalue weighted by Gasteiger charge is 2.09. The molecule has 0 saturated heterocycles. The molecule has 0 heterocycles. The molecule has 1 aromatic carbocycles. The Hall–Kier alpha value is -2.01. The van der Waals surface area contributed by atoms with Crippen LogP contribution in [0.2, 0.25) is 0 Å². The van der Waals surface area contributed by atoms with E-state index in [-0.39, 0.29) is 11.3 Å². The molecular weight excluding hydrogens is 211 g/mol. The van der Waals surface area contributed by atoms with Crippen molar-refractivity contribution in [1.29, 1.82) is 5.41 Å². The van der Waals surface area contributed by atoms with Gasteiger partial charge in [0.1, 0.15) is 5.82 Å². The number of amides is 1. The van der Waals surface area contributed by atoms with Gasteiger partial charge in [0, 0.05) is 5.57 Å².